The minimum absolute atomic E-state index is 0.674. The van der Waals surface area contributed by atoms with E-state index in [-0.39, 0.29) is 0 Å². The van der Waals surface area contributed by atoms with Crippen molar-refractivity contribution in [1.29, 1.82) is 0 Å². The third kappa shape index (κ3) is 2.58. The monoisotopic (exact) mass is 281 g/mol. The van der Waals surface area contributed by atoms with Crippen molar-refractivity contribution in [3.8, 4) is 22.8 Å². The van der Waals surface area contributed by atoms with E-state index < -0.39 is 0 Å². The second-order valence-electron chi connectivity index (χ2n) is 4.60. The Kier molecular flexibility index (Phi) is 3.31. The molecule has 0 fully saturated rings. The number of benzene rings is 2. The second-order valence-corrected chi connectivity index (χ2v) is 4.60. The lowest BCUT2D eigenvalue weighted by Gasteiger charge is -2.08. The molecule has 0 bridgehead atoms. The molecule has 3 rings (SSSR count). The van der Waals surface area contributed by atoms with Gasteiger partial charge in [-0.05, 0) is 30.3 Å². The predicted molar refractivity (Wildman–Crippen MR) is 82.5 cm³/mol. The van der Waals surface area contributed by atoms with E-state index in [1.54, 1.807) is 26.5 Å². The van der Waals surface area contributed by atoms with Crippen LogP contribution in [0, 0.1) is 0 Å². The van der Waals surface area contributed by atoms with E-state index in [1.807, 2.05) is 30.3 Å². The standard InChI is InChI=1S/C16H15N3O2/c1-20-12-5-10(6-13(8-12)21-2)16-9-18-15-7-11(17)3-4-14(15)19-16/h3-9H,17H2,1-2H3. The van der Waals surface area contributed by atoms with Crippen LogP contribution in [0.3, 0.4) is 0 Å². The summed E-state index contributed by atoms with van der Waals surface area (Å²) in [5, 5.41) is 0. The molecule has 0 radical (unpaired) electrons. The molecule has 2 N–H and O–H groups in total. The lowest BCUT2D eigenvalue weighted by molar-refractivity contribution is 0.394. The summed E-state index contributed by atoms with van der Waals surface area (Å²) in [6.07, 6.45) is 1.72. The van der Waals surface area contributed by atoms with E-state index >= 15 is 0 Å². The van der Waals surface area contributed by atoms with Gasteiger partial charge < -0.3 is 15.2 Å². The lowest BCUT2D eigenvalue weighted by atomic mass is 10.1. The molecule has 0 spiro atoms. The molecule has 0 saturated carbocycles. The van der Waals surface area contributed by atoms with Crippen molar-refractivity contribution < 1.29 is 9.47 Å². The Labute approximate surface area is 122 Å². The Morgan fingerprint density at radius 3 is 2.29 bits per heavy atom. The van der Waals surface area contributed by atoms with Crippen LogP contribution in [-0.2, 0) is 0 Å². The van der Waals surface area contributed by atoms with Crippen LogP contribution in [0.4, 0.5) is 5.69 Å². The van der Waals surface area contributed by atoms with E-state index in [0.717, 1.165) is 22.3 Å². The fourth-order valence-electron chi connectivity index (χ4n) is 2.12. The van der Waals surface area contributed by atoms with Crippen molar-refractivity contribution in [2.45, 2.75) is 0 Å². The number of nitrogens with zero attached hydrogens (tertiary/aromatic N) is 2. The highest BCUT2D eigenvalue weighted by Gasteiger charge is 2.07. The number of nitrogen functional groups attached to an aromatic ring is 1. The number of ether oxygens (including phenoxy) is 2. The zero-order chi connectivity index (χ0) is 14.8. The van der Waals surface area contributed by atoms with E-state index in [0.29, 0.717) is 17.2 Å². The number of hydrogen-bond donors (Lipinski definition) is 1. The molecule has 0 saturated heterocycles. The van der Waals surface area contributed by atoms with E-state index in [2.05, 4.69) is 9.97 Å². The van der Waals surface area contributed by atoms with Crippen LogP contribution in [0.5, 0.6) is 11.5 Å². The zero-order valence-electron chi connectivity index (χ0n) is 11.8. The summed E-state index contributed by atoms with van der Waals surface area (Å²) in [5.41, 5.74) is 9.63. The van der Waals surface area contributed by atoms with Gasteiger partial charge in [-0.1, -0.05) is 0 Å². The van der Waals surface area contributed by atoms with Gasteiger partial charge >= 0.3 is 0 Å². The van der Waals surface area contributed by atoms with Gasteiger partial charge in [0.05, 0.1) is 37.1 Å². The van der Waals surface area contributed by atoms with E-state index in [1.165, 1.54) is 0 Å². The third-order valence-electron chi connectivity index (χ3n) is 3.21. The Bertz CT molecular complexity index is 780. The van der Waals surface area contributed by atoms with Crippen LogP contribution in [0.2, 0.25) is 0 Å². The molecule has 2 aromatic carbocycles. The number of hydrogen-bond acceptors (Lipinski definition) is 5. The summed E-state index contributed by atoms with van der Waals surface area (Å²) in [7, 11) is 3.24. The molecule has 1 heterocycles. The first-order chi connectivity index (χ1) is 10.2. The van der Waals surface area contributed by atoms with Gasteiger partial charge in [-0.2, -0.15) is 0 Å². The van der Waals surface area contributed by atoms with Gasteiger partial charge in [0.1, 0.15) is 11.5 Å². The third-order valence-corrected chi connectivity index (χ3v) is 3.21. The minimum atomic E-state index is 0.674. The highest BCUT2D eigenvalue weighted by molar-refractivity contribution is 5.80. The maximum atomic E-state index is 5.75. The maximum Gasteiger partial charge on any atom is 0.123 e. The number of fused-ring (bicyclic) bond motifs is 1. The molecule has 21 heavy (non-hydrogen) atoms. The van der Waals surface area contributed by atoms with Crippen LogP contribution >= 0.6 is 0 Å². The van der Waals surface area contributed by atoms with Crippen molar-refractivity contribution in [1.82, 2.24) is 9.97 Å². The Morgan fingerprint density at radius 2 is 1.62 bits per heavy atom. The first-order valence-corrected chi connectivity index (χ1v) is 6.45. The SMILES string of the molecule is COc1cc(OC)cc(-c2cnc3cc(N)ccc3n2)c1. The molecule has 0 aliphatic rings. The molecule has 0 aliphatic heterocycles. The van der Waals surface area contributed by atoms with Crippen LogP contribution in [0.25, 0.3) is 22.3 Å². The molecule has 106 valence electrons. The lowest BCUT2D eigenvalue weighted by Crippen LogP contribution is -1.93. The summed E-state index contributed by atoms with van der Waals surface area (Å²) >= 11 is 0. The minimum Gasteiger partial charge on any atom is -0.497 e. The number of aromatic nitrogens is 2. The number of nitrogens with two attached hydrogens (primary N) is 1. The highest BCUT2D eigenvalue weighted by atomic mass is 16.5. The van der Waals surface area contributed by atoms with Gasteiger partial charge in [-0.3, -0.25) is 4.98 Å². The first kappa shape index (κ1) is 13.2. The Hall–Kier alpha value is -2.82. The van der Waals surface area contributed by atoms with Crippen molar-refractivity contribution in [2.75, 3.05) is 20.0 Å². The van der Waals surface area contributed by atoms with Crippen LogP contribution < -0.4 is 15.2 Å². The summed E-state index contributed by atoms with van der Waals surface area (Å²) < 4.78 is 10.6. The van der Waals surface area contributed by atoms with Crippen LogP contribution in [0.15, 0.2) is 42.6 Å². The molecule has 5 heteroatoms. The first-order valence-electron chi connectivity index (χ1n) is 6.45. The Morgan fingerprint density at radius 1 is 0.905 bits per heavy atom. The van der Waals surface area contributed by atoms with Crippen molar-refractivity contribution in [2.24, 2.45) is 0 Å². The van der Waals surface area contributed by atoms with E-state index in [4.69, 9.17) is 15.2 Å². The number of anilines is 1. The quantitative estimate of drug-likeness (QED) is 0.747. The highest BCUT2D eigenvalue weighted by Crippen LogP contribution is 2.29. The molecular formula is C16H15N3O2. The fraction of sp³-hybridized carbons (Fsp3) is 0.125. The van der Waals surface area contributed by atoms with Gasteiger partial charge in [0.15, 0.2) is 0 Å². The van der Waals surface area contributed by atoms with Gasteiger partial charge in [0.25, 0.3) is 0 Å². The van der Waals surface area contributed by atoms with E-state index in [9.17, 15) is 0 Å². The summed E-state index contributed by atoms with van der Waals surface area (Å²) in [4.78, 5) is 9.01. The molecular weight excluding hydrogens is 266 g/mol. The van der Waals surface area contributed by atoms with Gasteiger partial charge in [0.2, 0.25) is 0 Å². The predicted octanol–water partition coefficient (Wildman–Crippen LogP) is 2.90. The molecule has 0 aliphatic carbocycles. The average Bonchev–Trinajstić information content (AvgIpc) is 2.53. The van der Waals surface area contributed by atoms with Crippen molar-refractivity contribution >= 4 is 16.7 Å². The fourth-order valence-corrected chi connectivity index (χ4v) is 2.12. The second kappa shape index (κ2) is 5.28. The van der Waals surface area contributed by atoms with Crippen LogP contribution in [-0.4, -0.2) is 24.2 Å². The molecule has 0 atom stereocenters. The topological polar surface area (TPSA) is 70.3 Å². The molecule has 5 nitrogen and oxygen atoms in total. The normalized spacial score (nSPS) is 10.6. The van der Waals surface area contributed by atoms with Crippen molar-refractivity contribution in [3.05, 3.63) is 42.6 Å². The summed E-state index contributed by atoms with van der Waals surface area (Å²) in [5.74, 6) is 1.42. The van der Waals surface area contributed by atoms with Gasteiger partial charge in [-0.15, -0.1) is 0 Å². The van der Waals surface area contributed by atoms with Gasteiger partial charge in [0, 0.05) is 17.3 Å². The molecule has 3 aromatic rings. The molecule has 1 aromatic heterocycles. The summed E-state index contributed by atoms with van der Waals surface area (Å²) in [6, 6.07) is 11.1. The maximum absolute atomic E-state index is 5.75. The average molecular weight is 281 g/mol. The largest absolute Gasteiger partial charge is 0.497 e. The smallest absolute Gasteiger partial charge is 0.123 e. The number of rotatable bonds is 3. The summed E-state index contributed by atoms with van der Waals surface area (Å²) in [6.45, 7) is 0. The van der Waals surface area contributed by atoms with Gasteiger partial charge in [-0.25, -0.2) is 4.98 Å². The molecule has 0 unspecified atom stereocenters. The Balaban J connectivity index is 2.13. The zero-order valence-corrected chi connectivity index (χ0v) is 11.8. The van der Waals surface area contributed by atoms with Crippen LogP contribution in [0.1, 0.15) is 0 Å². The van der Waals surface area contributed by atoms with Crippen molar-refractivity contribution in [3.63, 3.8) is 0 Å². The molecule has 0 amide bonds. The number of methoxy groups -OCH3 is 2.